The molecule has 0 radical (unpaired) electrons. The van der Waals surface area contributed by atoms with Crippen LogP contribution in [0.1, 0.15) is 6.92 Å². The summed E-state index contributed by atoms with van der Waals surface area (Å²) < 4.78 is 0. The molecule has 0 spiro atoms. The summed E-state index contributed by atoms with van der Waals surface area (Å²) >= 11 is 7.48. The van der Waals surface area contributed by atoms with Crippen molar-refractivity contribution in [3.8, 4) is 0 Å². The summed E-state index contributed by atoms with van der Waals surface area (Å²) in [6.45, 7) is 4.30. The first-order valence-corrected chi connectivity index (χ1v) is 5.49. The van der Waals surface area contributed by atoms with Gasteiger partial charge in [0.1, 0.15) is 0 Å². The van der Waals surface area contributed by atoms with Gasteiger partial charge in [0, 0.05) is 18.2 Å². The van der Waals surface area contributed by atoms with E-state index in [0.29, 0.717) is 5.92 Å². The molecular weight excluding hydrogens is 166 g/mol. The highest BCUT2D eigenvalue weighted by Crippen LogP contribution is 1.95. The monoisotopic (exact) mass is 181 g/mol. The second-order valence-corrected chi connectivity index (χ2v) is 3.75. The quantitative estimate of drug-likeness (QED) is 0.496. The Bertz CT molecular complexity index is 70.6. The predicted molar refractivity (Wildman–Crippen MR) is 51.1 cm³/mol. The van der Waals surface area contributed by atoms with Gasteiger partial charge in [-0.15, -0.1) is 11.6 Å². The van der Waals surface area contributed by atoms with Gasteiger partial charge in [-0.25, -0.2) is 0 Å². The second-order valence-electron chi connectivity index (χ2n) is 2.46. The van der Waals surface area contributed by atoms with Crippen LogP contribution in [0.3, 0.4) is 0 Å². The van der Waals surface area contributed by atoms with Crippen molar-refractivity contribution in [2.45, 2.75) is 6.92 Å². The molecule has 1 N–H and O–H groups in total. The van der Waals surface area contributed by atoms with Gasteiger partial charge in [-0.2, -0.15) is 11.8 Å². The molecule has 0 saturated carbocycles. The van der Waals surface area contributed by atoms with E-state index < -0.39 is 0 Å². The molecule has 1 nitrogen and oxygen atoms in total. The topological polar surface area (TPSA) is 12.0 Å². The Morgan fingerprint density at radius 1 is 1.60 bits per heavy atom. The van der Waals surface area contributed by atoms with Crippen LogP contribution in [0.4, 0.5) is 0 Å². The smallest absolute Gasteiger partial charge is 0.0261 e. The van der Waals surface area contributed by atoms with Gasteiger partial charge in [-0.05, 0) is 18.7 Å². The maximum absolute atomic E-state index is 5.62. The van der Waals surface area contributed by atoms with E-state index in [-0.39, 0.29) is 0 Å². The predicted octanol–water partition coefficient (Wildman–Crippen LogP) is 1.81. The normalized spacial score (nSPS) is 13.5. The van der Waals surface area contributed by atoms with Crippen LogP contribution in [0.2, 0.25) is 0 Å². The van der Waals surface area contributed by atoms with Crippen molar-refractivity contribution in [3.05, 3.63) is 0 Å². The zero-order chi connectivity index (χ0) is 7.82. The van der Waals surface area contributed by atoms with Crippen LogP contribution in [-0.4, -0.2) is 31.0 Å². The molecule has 0 aliphatic rings. The van der Waals surface area contributed by atoms with Crippen LogP contribution in [0.5, 0.6) is 0 Å². The van der Waals surface area contributed by atoms with E-state index in [1.165, 1.54) is 5.75 Å². The molecular formula is C7H16ClNS. The van der Waals surface area contributed by atoms with E-state index in [9.17, 15) is 0 Å². The molecule has 0 aliphatic heterocycles. The Hall–Kier alpha value is 0.600. The maximum atomic E-state index is 5.62. The van der Waals surface area contributed by atoms with Gasteiger partial charge >= 0.3 is 0 Å². The highest BCUT2D eigenvalue weighted by molar-refractivity contribution is 7.98. The van der Waals surface area contributed by atoms with E-state index in [0.717, 1.165) is 19.0 Å². The summed E-state index contributed by atoms with van der Waals surface area (Å²) in [6.07, 6.45) is 2.12. The third kappa shape index (κ3) is 6.72. The summed E-state index contributed by atoms with van der Waals surface area (Å²) in [6, 6.07) is 0. The fourth-order valence-electron chi connectivity index (χ4n) is 0.577. The minimum atomic E-state index is 0.600. The zero-order valence-electron chi connectivity index (χ0n) is 6.69. The first-order chi connectivity index (χ1) is 4.81. The van der Waals surface area contributed by atoms with E-state index in [1.807, 2.05) is 11.8 Å². The van der Waals surface area contributed by atoms with Crippen LogP contribution < -0.4 is 5.32 Å². The molecule has 0 bridgehead atoms. The summed E-state index contributed by atoms with van der Waals surface area (Å²) in [4.78, 5) is 0. The lowest BCUT2D eigenvalue weighted by Crippen LogP contribution is -2.24. The van der Waals surface area contributed by atoms with Gasteiger partial charge in [0.15, 0.2) is 0 Å². The fraction of sp³-hybridized carbons (Fsp3) is 1.00. The first kappa shape index (κ1) is 10.6. The van der Waals surface area contributed by atoms with Gasteiger partial charge in [0.2, 0.25) is 0 Å². The molecule has 0 aliphatic carbocycles. The van der Waals surface area contributed by atoms with Crippen molar-refractivity contribution in [3.63, 3.8) is 0 Å². The molecule has 0 aromatic heterocycles. The lowest BCUT2D eigenvalue weighted by molar-refractivity contribution is 0.573. The SMILES string of the molecule is CSCCNCC(C)CCl. The third-order valence-corrected chi connectivity index (χ3v) is 2.38. The van der Waals surface area contributed by atoms with Crippen LogP contribution >= 0.6 is 23.4 Å². The Morgan fingerprint density at radius 2 is 2.30 bits per heavy atom. The zero-order valence-corrected chi connectivity index (χ0v) is 8.26. The van der Waals surface area contributed by atoms with Crippen molar-refractivity contribution in [1.82, 2.24) is 5.32 Å². The average Bonchev–Trinajstić information content (AvgIpc) is 1.98. The summed E-state index contributed by atoms with van der Waals surface area (Å²) in [5.74, 6) is 2.55. The second kappa shape index (κ2) is 7.70. The molecule has 10 heavy (non-hydrogen) atoms. The number of thioether (sulfide) groups is 1. The number of nitrogens with one attached hydrogen (secondary N) is 1. The Labute approximate surface area is 72.9 Å². The molecule has 0 amide bonds. The van der Waals surface area contributed by atoms with E-state index in [1.54, 1.807) is 0 Å². The van der Waals surface area contributed by atoms with Crippen LogP contribution in [-0.2, 0) is 0 Å². The van der Waals surface area contributed by atoms with Gasteiger partial charge < -0.3 is 5.32 Å². The van der Waals surface area contributed by atoms with Crippen molar-refractivity contribution < 1.29 is 0 Å². The van der Waals surface area contributed by atoms with Gasteiger partial charge in [0.05, 0.1) is 0 Å². The standard InChI is InChI=1S/C7H16ClNS/c1-7(5-8)6-9-3-4-10-2/h7,9H,3-6H2,1-2H3. The molecule has 62 valence electrons. The van der Waals surface area contributed by atoms with E-state index in [2.05, 4.69) is 18.5 Å². The summed E-state index contributed by atoms with van der Waals surface area (Å²) in [5.41, 5.74) is 0. The fourth-order valence-corrected chi connectivity index (χ4v) is 1.03. The van der Waals surface area contributed by atoms with Crippen LogP contribution in [0.15, 0.2) is 0 Å². The number of hydrogen-bond acceptors (Lipinski definition) is 2. The average molecular weight is 182 g/mol. The van der Waals surface area contributed by atoms with Gasteiger partial charge in [-0.3, -0.25) is 0 Å². The minimum absolute atomic E-state index is 0.600. The molecule has 1 unspecified atom stereocenters. The minimum Gasteiger partial charge on any atom is -0.316 e. The van der Waals surface area contributed by atoms with Crippen molar-refractivity contribution >= 4 is 23.4 Å². The summed E-state index contributed by atoms with van der Waals surface area (Å²) in [5, 5.41) is 3.33. The van der Waals surface area contributed by atoms with Gasteiger partial charge in [-0.1, -0.05) is 6.92 Å². The van der Waals surface area contributed by atoms with E-state index >= 15 is 0 Å². The van der Waals surface area contributed by atoms with Crippen molar-refractivity contribution in [2.75, 3.05) is 31.0 Å². The van der Waals surface area contributed by atoms with E-state index in [4.69, 9.17) is 11.6 Å². The number of alkyl halides is 1. The molecule has 3 heteroatoms. The van der Waals surface area contributed by atoms with Crippen molar-refractivity contribution in [1.29, 1.82) is 0 Å². The van der Waals surface area contributed by atoms with Gasteiger partial charge in [0.25, 0.3) is 0 Å². The Balaban J connectivity index is 2.89. The highest BCUT2D eigenvalue weighted by atomic mass is 35.5. The molecule has 0 heterocycles. The largest absolute Gasteiger partial charge is 0.316 e. The molecule has 0 aromatic carbocycles. The maximum Gasteiger partial charge on any atom is 0.0261 e. The van der Waals surface area contributed by atoms with Crippen molar-refractivity contribution in [2.24, 2.45) is 5.92 Å². The highest BCUT2D eigenvalue weighted by Gasteiger charge is 1.96. The molecule has 1 atom stereocenters. The molecule has 0 fully saturated rings. The molecule has 0 rings (SSSR count). The third-order valence-electron chi connectivity index (χ3n) is 1.24. The lowest BCUT2D eigenvalue weighted by atomic mass is 10.2. The number of halogens is 1. The Morgan fingerprint density at radius 3 is 2.80 bits per heavy atom. The number of rotatable bonds is 6. The lowest BCUT2D eigenvalue weighted by Gasteiger charge is -2.07. The van der Waals surface area contributed by atoms with Crippen LogP contribution in [0.25, 0.3) is 0 Å². The summed E-state index contributed by atoms with van der Waals surface area (Å²) in [7, 11) is 0. The molecule has 0 aromatic rings. The number of hydrogen-bond donors (Lipinski definition) is 1. The molecule has 0 saturated heterocycles. The van der Waals surface area contributed by atoms with Crippen LogP contribution in [0, 0.1) is 5.92 Å². The Kier molecular flexibility index (Phi) is 8.17. The first-order valence-electron chi connectivity index (χ1n) is 3.57.